The highest BCUT2D eigenvalue weighted by molar-refractivity contribution is 4.73. The fourth-order valence-electron chi connectivity index (χ4n) is 2.61. The molecule has 0 aromatic heterocycles. The normalized spacial score (nSPS) is 24.3. The van der Waals surface area contributed by atoms with Gasteiger partial charge in [0.2, 0.25) is 0 Å². The fourth-order valence-corrected chi connectivity index (χ4v) is 2.61. The second kappa shape index (κ2) is 10.8. The summed E-state index contributed by atoms with van der Waals surface area (Å²) in [4.78, 5) is 0. The minimum Gasteiger partial charge on any atom is -0.378 e. The lowest BCUT2D eigenvalue weighted by Gasteiger charge is -2.29. The number of ether oxygens (including phenoxy) is 2. The van der Waals surface area contributed by atoms with E-state index in [1.165, 1.54) is 57.8 Å². The first kappa shape index (κ1) is 16.0. The Morgan fingerprint density at radius 1 is 0.778 bits per heavy atom. The Hall–Kier alpha value is -0.0800. The fraction of sp³-hybridized carbons (Fsp3) is 1.00. The molecule has 0 N–H and O–H groups in total. The van der Waals surface area contributed by atoms with Crippen molar-refractivity contribution in [3.63, 3.8) is 0 Å². The zero-order chi connectivity index (χ0) is 13.1. The van der Waals surface area contributed by atoms with E-state index in [4.69, 9.17) is 9.47 Å². The molecule has 1 rings (SSSR count). The van der Waals surface area contributed by atoms with Crippen molar-refractivity contribution in [2.45, 2.75) is 90.3 Å². The number of unbranched alkanes of at least 4 members (excludes halogenated alkanes) is 4. The molecule has 2 heteroatoms. The van der Waals surface area contributed by atoms with E-state index >= 15 is 0 Å². The molecule has 18 heavy (non-hydrogen) atoms. The Kier molecular flexibility index (Phi) is 9.59. The summed E-state index contributed by atoms with van der Waals surface area (Å²) in [6, 6.07) is 0. The minimum atomic E-state index is 0.465. The highest BCUT2D eigenvalue weighted by Gasteiger charge is 2.22. The third-order valence-corrected chi connectivity index (χ3v) is 3.78. The summed E-state index contributed by atoms with van der Waals surface area (Å²) >= 11 is 0. The van der Waals surface area contributed by atoms with Crippen molar-refractivity contribution in [3.05, 3.63) is 0 Å². The van der Waals surface area contributed by atoms with Crippen LogP contribution in [0.1, 0.15) is 78.1 Å². The maximum absolute atomic E-state index is 5.96. The molecule has 1 aliphatic carbocycles. The van der Waals surface area contributed by atoms with Crippen LogP contribution in [-0.2, 0) is 9.47 Å². The molecule has 0 heterocycles. The molecule has 108 valence electrons. The average Bonchev–Trinajstić information content (AvgIpc) is 2.40. The zero-order valence-corrected chi connectivity index (χ0v) is 12.5. The third-order valence-electron chi connectivity index (χ3n) is 3.78. The summed E-state index contributed by atoms with van der Waals surface area (Å²) in [5, 5.41) is 0. The van der Waals surface area contributed by atoms with E-state index < -0.39 is 0 Å². The summed E-state index contributed by atoms with van der Waals surface area (Å²) in [7, 11) is 0. The first-order chi connectivity index (χ1) is 8.86. The second-order valence-electron chi connectivity index (χ2n) is 5.57. The molecule has 1 aliphatic rings. The molecule has 0 bridgehead atoms. The van der Waals surface area contributed by atoms with Gasteiger partial charge in [0.15, 0.2) is 0 Å². The van der Waals surface area contributed by atoms with Crippen molar-refractivity contribution >= 4 is 0 Å². The smallest absolute Gasteiger partial charge is 0.0599 e. The SMILES string of the molecule is CCCCCOC1CCCC(OCCCCC)C1. The van der Waals surface area contributed by atoms with Crippen molar-refractivity contribution in [1.82, 2.24) is 0 Å². The second-order valence-corrected chi connectivity index (χ2v) is 5.57. The molecule has 0 aromatic rings. The molecule has 0 amide bonds. The van der Waals surface area contributed by atoms with Gasteiger partial charge in [0.05, 0.1) is 12.2 Å². The van der Waals surface area contributed by atoms with E-state index in [2.05, 4.69) is 13.8 Å². The molecular weight excluding hydrogens is 224 g/mol. The molecule has 0 aliphatic heterocycles. The topological polar surface area (TPSA) is 18.5 Å². The summed E-state index contributed by atoms with van der Waals surface area (Å²) in [6.45, 7) is 6.36. The Balaban J connectivity index is 2.04. The molecule has 2 nitrogen and oxygen atoms in total. The molecule has 0 saturated heterocycles. The first-order valence-electron chi connectivity index (χ1n) is 8.10. The van der Waals surface area contributed by atoms with Gasteiger partial charge in [-0.2, -0.15) is 0 Å². The Morgan fingerprint density at radius 2 is 1.28 bits per heavy atom. The van der Waals surface area contributed by atoms with E-state index in [1.807, 2.05) is 0 Å². The summed E-state index contributed by atoms with van der Waals surface area (Å²) in [6.07, 6.45) is 13.4. The molecule has 0 aromatic carbocycles. The predicted molar refractivity (Wildman–Crippen MR) is 77.0 cm³/mol. The van der Waals surface area contributed by atoms with Crippen LogP contribution in [0.4, 0.5) is 0 Å². The standard InChI is InChI=1S/C16H32O2/c1-3-5-7-12-17-15-10-9-11-16(14-15)18-13-8-6-4-2/h15-16H,3-14H2,1-2H3. The van der Waals surface area contributed by atoms with E-state index in [0.717, 1.165) is 19.6 Å². The summed E-state index contributed by atoms with van der Waals surface area (Å²) in [5.74, 6) is 0. The third kappa shape index (κ3) is 7.38. The van der Waals surface area contributed by atoms with Crippen LogP contribution in [0, 0.1) is 0 Å². The van der Waals surface area contributed by atoms with Gasteiger partial charge in [0.1, 0.15) is 0 Å². The van der Waals surface area contributed by atoms with Crippen LogP contribution in [0.5, 0.6) is 0 Å². The van der Waals surface area contributed by atoms with Gasteiger partial charge < -0.3 is 9.47 Å². The minimum absolute atomic E-state index is 0.465. The average molecular weight is 256 g/mol. The Labute approximate surface area is 113 Å². The van der Waals surface area contributed by atoms with E-state index in [9.17, 15) is 0 Å². The molecule has 2 unspecified atom stereocenters. The van der Waals surface area contributed by atoms with Crippen LogP contribution in [0.25, 0.3) is 0 Å². The Bertz CT molecular complexity index is 164. The molecule has 1 fully saturated rings. The van der Waals surface area contributed by atoms with Gasteiger partial charge in [0.25, 0.3) is 0 Å². The lowest BCUT2D eigenvalue weighted by atomic mass is 9.95. The van der Waals surface area contributed by atoms with Gasteiger partial charge in [-0.25, -0.2) is 0 Å². The lowest BCUT2D eigenvalue weighted by molar-refractivity contribution is -0.0459. The van der Waals surface area contributed by atoms with E-state index in [1.54, 1.807) is 0 Å². The zero-order valence-electron chi connectivity index (χ0n) is 12.5. The van der Waals surface area contributed by atoms with Crippen molar-refractivity contribution in [1.29, 1.82) is 0 Å². The van der Waals surface area contributed by atoms with Crippen LogP contribution in [0.2, 0.25) is 0 Å². The van der Waals surface area contributed by atoms with Crippen LogP contribution in [-0.4, -0.2) is 25.4 Å². The van der Waals surface area contributed by atoms with Gasteiger partial charge in [-0.05, 0) is 38.5 Å². The monoisotopic (exact) mass is 256 g/mol. The van der Waals surface area contributed by atoms with Gasteiger partial charge in [0, 0.05) is 13.2 Å². The quantitative estimate of drug-likeness (QED) is 0.527. The van der Waals surface area contributed by atoms with Crippen molar-refractivity contribution in [3.8, 4) is 0 Å². The van der Waals surface area contributed by atoms with Crippen molar-refractivity contribution < 1.29 is 9.47 Å². The molecule has 1 saturated carbocycles. The van der Waals surface area contributed by atoms with Gasteiger partial charge in [-0.1, -0.05) is 39.5 Å². The van der Waals surface area contributed by atoms with Gasteiger partial charge >= 0.3 is 0 Å². The Morgan fingerprint density at radius 3 is 1.72 bits per heavy atom. The summed E-state index contributed by atoms with van der Waals surface area (Å²) < 4.78 is 11.9. The van der Waals surface area contributed by atoms with Crippen LogP contribution in [0.15, 0.2) is 0 Å². The molecule has 0 radical (unpaired) electrons. The van der Waals surface area contributed by atoms with E-state index in [-0.39, 0.29) is 0 Å². The van der Waals surface area contributed by atoms with Gasteiger partial charge in [-0.3, -0.25) is 0 Å². The largest absolute Gasteiger partial charge is 0.378 e. The molecule has 2 atom stereocenters. The summed E-state index contributed by atoms with van der Waals surface area (Å²) in [5.41, 5.74) is 0. The highest BCUT2D eigenvalue weighted by atomic mass is 16.5. The van der Waals surface area contributed by atoms with Crippen LogP contribution in [0.3, 0.4) is 0 Å². The highest BCUT2D eigenvalue weighted by Crippen LogP contribution is 2.24. The lowest BCUT2D eigenvalue weighted by Crippen LogP contribution is -2.28. The van der Waals surface area contributed by atoms with Gasteiger partial charge in [-0.15, -0.1) is 0 Å². The maximum atomic E-state index is 5.96. The number of rotatable bonds is 10. The maximum Gasteiger partial charge on any atom is 0.0599 e. The first-order valence-corrected chi connectivity index (χ1v) is 8.10. The van der Waals surface area contributed by atoms with Crippen molar-refractivity contribution in [2.75, 3.05) is 13.2 Å². The number of hydrogen-bond acceptors (Lipinski definition) is 2. The van der Waals surface area contributed by atoms with E-state index in [0.29, 0.717) is 12.2 Å². The van der Waals surface area contributed by atoms with Crippen LogP contribution >= 0.6 is 0 Å². The van der Waals surface area contributed by atoms with Crippen molar-refractivity contribution in [2.24, 2.45) is 0 Å². The van der Waals surface area contributed by atoms with Crippen LogP contribution < -0.4 is 0 Å². The predicted octanol–water partition coefficient (Wildman–Crippen LogP) is 4.71. The molecular formula is C16H32O2. The number of hydrogen-bond donors (Lipinski definition) is 0. The molecule has 0 spiro atoms.